The van der Waals surface area contributed by atoms with E-state index in [4.69, 9.17) is 46.4 Å². The van der Waals surface area contributed by atoms with Gasteiger partial charge in [0.1, 0.15) is 6.04 Å². The number of carboxylic acid groups (broad SMARTS) is 1. The Morgan fingerprint density at radius 3 is 1.97 bits per heavy atom. The molecule has 3 aromatic carbocycles. The van der Waals surface area contributed by atoms with E-state index in [0.29, 0.717) is 11.3 Å². The van der Waals surface area contributed by atoms with Crippen LogP contribution in [0, 0.1) is 0 Å². The predicted molar refractivity (Wildman–Crippen MR) is 130 cm³/mol. The quantitative estimate of drug-likeness (QED) is 0.353. The van der Waals surface area contributed by atoms with Gasteiger partial charge in [0.05, 0.1) is 31.2 Å². The van der Waals surface area contributed by atoms with Gasteiger partial charge in [-0.1, -0.05) is 70.7 Å². The lowest BCUT2D eigenvalue weighted by molar-refractivity contribution is -0.139. The molecular weight excluding hydrogens is 510 g/mol. The highest BCUT2D eigenvalue weighted by atomic mass is 35.5. The molecule has 0 saturated heterocycles. The first-order valence-electron chi connectivity index (χ1n) is 9.49. The van der Waals surface area contributed by atoms with E-state index in [1.807, 2.05) is 0 Å². The molecule has 0 spiro atoms. The van der Waals surface area contributed by atoms with Gasteiger partial charge in [-0.15, -0.1) is 0 Å². The summed E-state index contributed by atoms with van der Waals surface area (Å²) in [6.45, 7) is 0. The first-order valence-corrected chi connectivity index (χ1v) is 11.0. The molecule has 3 rings (SSSR count). The Bertz CT molecular complexity index is 1200. The summed E-state index contributed by atoms with van der Waals surface area (Å²) in [5.74, 6) is -2.35. The normalized spacial score (nSPS) is 11.5. The summed E-state index contributed by atoms with van der Waals surface area (Å²) in [5.41, 5.74) is 1.31. The van der Waals surface area contributed by atoms with Crippen molar-refractivity contribution in [3.63, 3.8) is 0 Å². The maximum absolute atomic E-state index is 12.5. The van der Waals surface area contributed by atoms with E-state index in [0.717, 1.165) is 0 Å². The van der Waals surface area contributed by atoms with Crippen LogP contribution >= 0.6 is 46.4 Å². The van der Waals surface area contributed by atoms with Gasteiger partial charge in [-0.3, -0.25) is 9.59 Å². The van der Waals surface area contributed by atoms with E-state index in [-0.39, 0.29) is 37.6 Å². The van der Waals surface area contributed by atoms with E-state index in [2.05, 4.69) is 10.6 Å². The molecule has 0 heterocycles. The molecule has 0 aliphatic carbocycles. The van der Waals surface area contributed by atoms with Gasteiger partial charge in [-0.05, 0) is 42.0 Å². The molecular formula is C23H16Cl4N2O4. The number of halogens is 4. The second-order valence-electron chi connectivity index (χ2n) is 6.92. The Labute approximate surface area is 209 Å². The molecule has 1 unspecified atom stereocenters. The number of carbonyl (C=O) groups is 3. The minimum absolute atomic E-state index is 0.00380. The van der Waals surface area contributed by atoms with E-state index >= 15 is 0 Å². The molecule has 3 aromatic rings. The van der Waals surface area contributed by atoms with Gasteiger partial charge in [0.15, 0.2) is 0 Å². The fourth-order valence-electron chi connectivity index (χ4n) is 2.98. The van der Waals surface area contributed by atoms with Gasteiger partial charge in [0.25, 0.3) is 11.8 Å². The standard InChI is InChI=1S/C23H16Cl4N2O4/c24-15-4-2-5-16(25)19(15)22(31)28-13-9-7-12(8-10-13)11-18(23(32)33)29-21(30)14-3-1-6-17(26)20(14)27/h1-10,18H,11H2,(H,28,31)(H,29,30)(H,32,33). The van der Waals surface area contributed by atoms with Gasteiger partial charge in [0.2, 0.25) is 0 Å². The monoisotopic (exact) mass is 524 g/mol. The Morgan fingerprint density at radius 1 is 0.788 bits per heavy atom. The van der Waals surface area contributed by atoms with Crippen molar-refractivity contribution in [1.82, 2.24) is 5.32 Å². The topological polar surface area (TPSA) is 95.5 Å². The number of hydrogen-bond donors (Lipinski definition) is 3. The van der Waals surface area contributed by atoms with Crippen molar-refractivity contribution in [2.45, 2.75) is 12.5 Å². The Hall–Kier alpha value is -2.77. The number of amides is 2. The van der Waals surface area contributed by atoms with E-state index in [1.165, 1.54) is 12.1 Å². The average Bonchev–Trinajstić information content (AvgIpc) is 2.76. The zero-order valence-corrected chi connectivity index (χ0v) is 19.8. The van der Waals surface area contributed by atoms with E-state index in [9.17, 15) is 19.5 Å². The van der Waals surface area contributed by atoms with Crippen LogP contribution in [0.5, 0.6) is 0 Å². The maximum Gasteiger partial charge on any atom is 0.326 e. The minimum Gasteiger partial charge on any atom is -0.480 e. The van der Waals surface area contributed by atoms with Crippen molar-refractivity contribution in [3.8, 4) is 0 Å². The minimum atomic E-state index is -1.22. The van der Waals surface area contributed by atoms with Gasteiger partial charge in [0, 0.05) is 12.1 Å². The summed E-state index contributed by atoms with van der Waals surface area (Å²) in [4.78, 5) is 36.7. The lowest BCUT2D eigenvalue weighted by atomic mass is 10.0. The zero-order valence-electron chi connectivity index (χ0n) is 16.7. The molecule has 33 heavy (non-hydrogen) atoms. The van der Waals surface area contributed by atoms with Crippen molar-refractivity contribution in [2.75, 3.05) is 5.32 Å². The van der Waals surface area contributed by atoms with Crippen molar-refractivity contribution < 1.29 is 19.5 Å². The third-order valence-corrected chi connectivity index (χ3v) is 6.09. The van der Waals surface area contributed by atoms with Crippen LogP contribution in [0.1, 0.15) is 26.3 Å². The van der Waals surface area contributed by atoms with Crippen molar-refractivity contribution in [2.24, 2.45) is 0 Å². The fraction of sp³-hybridized carbons (Fsp3) is 0.0870. The molecule has 1 atom stereocenters. The molecule has 0 aliphatic heterocycles. The molecule has 0 aliphatic rings. The summed E-state index contributed by atoms with van der Waals surface area (Å²) >= 11 is 24.1. The van der Waals surface area contributed by atoms with Gasteiger partial charge < -0.3 is 15.7 Å². The van der Waals surface area contributed by atoms with Crippen molar-refractivity contribution in [1.29, 1.82) is 0 Å². The molecule has 10 heteroatoms. The third kappa shape index (κ3) is 6.18. The molecule has 0 radical (unpaired) electrons. The van der Waals surface area contributed by atoms with Gasteiger partial charge in [-0.25, -0.2) is 4.79 Å². The van der Waals surface area contributed by atoms with Crippen LogP contribution in [0.3, 0.4) is 0 Å². The number of aliphatic carboxylic acids is 1. The number of anilines is 1. The number of carbonyl (C=O) groups excluding carboxylic acids is 2. The fourth-order valence-corrected chi connectivity index (χ4v) is 3.94. The number of carboxylic acids is 1. The van der Waals surface area contributed by atoms with Gasteiger partial charge in [-0.2, -0.15) is 0 Å². The average molecular weight is 526 g/mol. The van der Waals surface area contributed by atoms with Crippen molar-refractivity contribution in [3.05, 3.63) is 97.4 Å². The lowest BCUT2D eigenvalue weighted by Crippen LogP contribution is -2.42. The Balaban J connectivity index is 1.69. The zero-order chi connectivity index (χ0) is 24.1. The van der Waals surface area contributed by atoms with Crippen LogP contribution in [0.2, 0.25) is 20.1 Å². The van der Waals surface area contributed by atoms with Gasteiger partial charge >= 0.3 is 5.97 Å². The molecule has 0 fully saturated rings. The summed E-state index contributed by atoms with van der Waals surface area (Å²) in [6, 6.07) is 14.5. The van der Waals surface area contributed by atoms with E-state index < -0.39 is 23.8 Å². The second-order valence-corrected chi connectivity index (χ2v) is 8.52. The number of rotatable bonds is 7. The Kier molecular flexibility index (Phi) is 8.21. The summed E-state index contributed by atoms with van der Waals surface area (Å²) in [6.07, 6.45) is 0.00380. The van der Waals surface area contributed by atoms with Crippen LogP contribution < -0.4 is 10.6 Å². The molecule has 6 nitrogen and oxygen atoms in total. The Morgan fingerprint density at radius 2 is 1.36 bits per heavy atom. The van der Waals surface area contributed by atoms with Crippen LogP contribution in [0.4, 0.5) is 5.69 Å². The van der Waals surface area contributed by atoms with Crippen LogP contribution in [0.25, 0.3) is 0 Å². The van der Waals surface area contributed by atoms with E-state index in [1.54, 1.807) is 48.5 Å². The number of benzene rings is 3. The lowest BCUT2D eigenvalue weighted by Gasteiger charge is -2.16. The van der Waals surface area contributed by atoms with Crippen molar-refractivity contribution >= 4 is 69.9 Å². The molecule has 0 bridgehead atoms. The SMILES string of the molecule is O=C(NC(Cc1ccc(NC(=O)c2c(Cl)cccc2Cl)cc1)C(=O)O)c1cccc(Cl)c1Cl. The van der Waals surface area contributed by atoms with Crippen LogP contribution in [-0.4, -0.2) is 28.9 Å². The largest absolute Gasteiger partial charge is 0.480 e. The molecule has 0 aromatic heterocycles. The van der Waals surface area contributed by atoms with Crippen LogP contribution in [-0.2, 0) is 11.2 Å². The first kappa shape index (κ1) is 24.9. The third-order valence-electron chi connectivity index (χ3n) is 4.64. The van der Waals surface area contributed by atoms with Crippen LogP contribution in [0.15, 0.2) is 60.7 Å². The highest BCUT2D eigenvalue weighted by molar-refractivity contribution is 6.44. The second kappa shape index (κ2) is 10.9. The predicted octanol–water partition coefficient (Wildman–Crippen LogP) is 5.98. The highest BCUT2D eigenvalue weighted by Gasteiger charge is 2.23. The summed E-state index contributed by atoms with van der Waals surface area (Å²) in [5, 5.41) is 15.4. The number of hydrogen-bond acceptors (Lipinski definition) is 3. The summed E-state index contributed by atoms with van der Waals surface area (Å²) in [7, 11) is 0. The summed E-state index contributed by atoms with van der Waals surface area (Å²) < 4.78 is 0. The molecule has 3 N–H and O–H groups in total. The molecule has 0 saturated carbocycles. The smallest absolute Gasteiger partial charge is 0.326 e. The number of nitrogens with one attached hydrogen (secondary N) is 2. The highest BCUT2D eigenvalue weighted by Crippen LogP contribution is 2.26. The maximum atomic E-state index is 12.5. The first-order chi connectivity index (χ1) is 15.7. The molecule has 170 valence electrons. The molecule has 2 amide bonds.